The van der Waals surface area contributed by atoms with Crippen molar-refractivity contribution in [2.24, 2.45) is 5.92 Å². The maximum Gasteiger partial charge on any atom is 0.166 e. The summed E-state index contributed by atoms with van der Waals surface area (Å²) in [4.78, 5) is 0. The number of ether oxygens (including phenoxy) is 1. The molecular formula is C11H18O2. The van der Waals surface area contributed by atoms with Gasteiger partial charge in [-0.2, -0.15) is 0 Å². The van der Waals surface area contributed by atoms with Gasteiger partial charge in [0.1, 0.15) is 0 Å². The Morgan fingerprint density at radius 1 is 1.00 bits per heavy atom. The molecule has 2 heterocycles. The predicted octanol–water partition coefficient (Wildman–Crippen LogP) is 2.21. The molecule has 2 saturated heterocycles. The van der Waals surface area contributed by atoms with Crippen LogP contribution in [0.2, 0.25) is 0 Å². The minimum Gasteiger partial charge on any atom is -0.365 e. The first-order valence-electron chi connectivity index (χ1n) is 5.65. The second kappa shape index (κ2) is 2.48. The highest BCUT2D eigenvalue weighted by Crippen LogP contribution is 2.54. The molecule has 2 heteroatoms. The maximum absolute atomic E-state index is 10.1. The Morgan fingerprint density at radius 3 is 2.77 bits per heavy atom. The summed E-state index contributed by atoms with van der Waals surface area (Å²) in [5.74, 6) is 0.0205. The van der Waals surface area contributed by atoms with Gasteiger partial charge in [0.15, 0.2) is 5.79 Å². The molecule has 74 valence electrons. The molecule has 1 aliphatic carbocycles. The van der Waals surface area contributed by atoms with E-state index in [0.717, 1.165) is 25.2 Å². The Labute approximate surface area is 79.3 Å². The van der Waals surface area contributed by atoms with Gasteiger partial charge in [-0.05, 0) is 38.0 Å². The van der Waals surface area contributed by atoms with Gasteiger partial charge in [-0.25, -0.2) is 0 Å². The number of hydrogen-bond acceptors (Lipinski definition) is 2. The van der Waals surface area contributed by atoms with Crippen molar-refractivity contribution in [2.75, 3.05) is 0 Å². The van der Waals surface area contributed by atoms with E-state index in [4.69, 9.17) is 4.74 Å². The van der Waals surface area contributed by atoms with Crippen LogP contribution in [0.3, 0.4) is 0 Å². The van der Waals surface area contributed by atoms with Gasteiger partial charge in [0.2, 0.25) is 0 Å². The number of hydrogen-bond donors (Lipinski definition) is 1. The standard InChI is InChI=1S/C11H18O2/c12-11-7-2-6-10(13-11)5-1-3-9(10)4-8-11/h9,12H,1-8H2/t9-,10+,11-/m1/s1. The number of aliphatic hydroxyl groups is 1. The highest BCUT2D eigenvalue weighted by molar-refractivity contribution is 5.01. The van der Waals surface area contributed by atoms with E-state index < -0.39 is 5.79 Å². The SMILES string of the molecule is O[C@@]12CCC[C@]3(CCC[C@@H]3CC1)O2. The third-order valence-electron chi connectivity index (χ3n) is 4.34. The summed E-state index contributed by atoms with van der Waals surface area (Å²) in [6.07, 6.45) is 9.11. The average Bonchev–Trinajstić information content (AvgIpc) is 2.45. The van der Waals surface area contributed by atoms with Crippen LogP contribution in [0.5, 0.6) is 0 Å². The predicted molar refractivity (Wildman–Crippen MR) is 49.2 cm³/mol. The molecule has 13 heavy (non-hydrogen) atoms. The molecule has 1 spiro atoms. The quantitative estimate of drug-likeness (QED) is 0.622. The van der Waals surface area contributed by atoms with E-state index in [1.165, 1.54) is 32.1 Å². The van der Waals surface area contributed by atoms with Crippen LogP contribution in [0, 0.1) is 5.92 Å². The van der Waals surface area contributed by atoms with Gasteiger partial charge in [0, 0.05) is 12.8 Å². The topological polar surface area (TPSA) is 29.5 Å². The zero-order chi connectivity index (χ0) is 8.94. The van der Waals surface area contributed by atoms with Crippen LogP contribution in [-0.2, 0) is 4.74 Å². The molecule has 0 unspecified atom stereocenters. The summed E-state index contributed by atoms with van der Waals surface area (Å²) in [5, 5.41) is 10.1. The zero-order valence-electron chi connectivity index (χ0n) is 8.09. The Kier molecular flexibility index (Phi) is 1.58. The van der Waals surface area contributed by atoms with Crippen molar-refractivity contribution in [1.29, 1.82) is 0 Å². The first kappa shape index (κ1) is 8.25. The van der Waals surface area contributed by atoms with Crippen LogP contribution in [-0.4, -0.2) is 16.5 Å². The first-order chi connectivity index (χ1) is 6.23. The zero-order valence-corrected chi connectivity index (χ0v) is 8.09. The third-order valence-corrected chi connectivity index (χ3v) is 4.34. The van der Waals surface area contributed by atoms with Crippen molar-refractivity contribution < 1.29 is 9.84 Å². The molecule has 3 atom stereocenters. The van der Waals surface area contributed by atoms with Crippen LogP contribution in [0.15, 0.2) is 0 Å². The van der Waals surface area contributed by atoms with Gasteiger partial charge in [-0.15, -0.1) is 0 Å². The van der Waals surface area contributed by atoms with Crippen LogP contribution in [0.4, 0.5) is 0 Å². The fourth-order valence-corrected chi connectivity index (χ4v) is 3.71. The van der Waals surface area contributed by atoms with Crippen LogP contribution >= 0.6 is 0 Å². The van der Waals surface area contributed by atoms with Gasteiger partial charge < -0.3 is 9.84 Å². The Balaban J connectivity index is 1.92. The van der Waals surface area contributed by atoms with E-state index in [-0.39, 0.29) is 5.60 Å². The lowest BCUT2D eigenvalue weighted by Gasteiger charge is -2.51. The van der Waals surface area contributed by atoms with Crippen molar-refractivity contribution >= 4 is 0 Å². The van der Waals surface area contributed by atoms with Crippen LogP contribution < -0.4 is 0 Å². The lowest BCUT2D eigenvalue weighted by Crippen LogP contribution is -2.54. The summed E-state index contributed by atoms with van der Waals surface area (Å²) < 4.78 is 5.98. The van der Waals surface area contributed by atoms with Gasteiger partial charge in [0.25, 0.3) is 0 Å². The van der Waals surface area contributed by atoms with Crippen LogP contribution in [0.25, 0.3) is 0 Å². The molecule has 0 aromatic rings. The van der Waals surface area contributed by atoms with Crippen LogP contribution in [0.1, 0.15) is 51.4 Å². The Hall–Kier alpha value is -0.0800. The largest absolute Gasteiger partial charge is 0.365 e. The molecule has 3 aliphatic rings. The molecule has 0 amide bonds. The molecule has 2 nitrogen and oxygen atoms in total. The normalized spacial score (nSPS) is 54.7. The van der Waals surface area contributed by atoms with Crippen molar-refractivity contribution in [2.45, 2.75) is 62.8 Å². The molecule has 1 N–H and O–H groups in total. The Morgan fingerprint density at radius 2 is 1.85 bits per heavy atom. The molecular weight excluding hydrogens is 164 g/mol. The summed E-state index contributed by atoms with van der Waals surface area (Å²) >= 11 is 0. The van der Waals surface area contributed by atoms with Crippen molar-refractivity contribution in [3.8, 4) is 0 Å². The molecule has 3 rings (SSSR count). The summed E-state index contributed by atoms with van der Waals surface area (Å²) in [6, 6.07) is 0. The monoisotopic (exact) mass is 182 g/mol. The number of fused-ring (bicyclic) bond motifs is 1. The van der Waals surface area contributed by atoms with Gasteiger partial charge in [-0.3, -0.25) is 0 Å². The maximum atomic E-state index is 10.1. The second-order valence-electron chi connectivity index (χ2n) is 5.09. The lowest BCUT2D eigenvalue weighted by atomic mass is 9.74. The van der Waals surface area contributed by atoms with E-state index in [9.17, 15) is 5.11 Å². The number of rotatable bonds is 0. The van der Waals surface area contributed by atoms with E-state index in [0.29, 0.717) is 0 Å². The molecule has 1 saturated carbocycles. The summed E-state index contributed by atoms with van der Waals surface area (Å²) in [6.45, 7) is 0. The molecule has 2 aliphatic heterocycles. The molecule has 0 radical (unpaired) electrons. The minimum atomic E-state index is -0.737. The lowest BCUT2D eigenvalue weighted by molar-refractivity contribution is -0.325. The van der Waals surface area contributed by atoms with Gasteiger partial charge in [-0.1, -0.05) is 6.42 Å². The average molecular weight is 182 g/mol. The summed E-state index contributed by atoms with van der Waals surface area (Å²) in [7, 11) is 0. The third kappa shape index (κ3) is 1.08. The minimum absolute atomic E-state index is 0.102. The highest BCUT2D eigenvalue weighted by Gasteiger charge is 2.54. The first-order valence-corrected chi connectivity index (χ1v) is 5.65. The van der Waals surface area contributed by atoms with E-state index in [2.05, 4.69) is 0 Å². The highest BCUT2D eigenvalue weighted by atomic mass is 16.6. The fourth-order valence-electron chi connectivity index (χ4n) is 3.71. The van der Waals surface area contributed by atoms with E-state index in [1.807, 2.05) is 0 Å². The summed E-state index contributed by atoms with van der Waals surface area (Å²) in [5.41, 5.74) is 0.102. The molecule has 0 aromatic heterocycles. The second-order valence-corrected chi connectivity index (χ2v) is 5.09. The molecule has 2 bridgehead atoms. The Bertz CT molecular complexity index is 228. The van der Waals surface area contributed by atoms with Crippen molar-refractivity contribution in [3.05, 3.63) is 0 Å². The fraction of sp³-hybridized carbons (Fsp3) is 1.00. The van der Waals surface area contributed by atoms with Gasteiger partial charge >= 0.3 is 0 Å². The smallest absolute Gasteiger partial charge is 0.166 e. The molecule has 0 aromatic carbocycles. The van der Waals surface area contributed by atoms with Crippen molar-refractivity contribution in [3.63, 3.8) is 0 Å². The molecule has 3 fully saturated rings. The van der Waals surface area contributed by atoms with Gasteiger partial charge in [0.05, 0.1) is 5.60 Å². The van der Waals surface area contributed by atoms with Crippen molar-refractivity contribution in [1.82, 2.24) is 0 Å². The van der Waals surface area contributed by atoms with E-state index in [1.54, 1.807) is 0 Å². The van der Waals surface area contributed by atoms with E-state index >= 15 is 0 Å².